The van der Waals surface area contributed by atoms with E-state index in [2.05, 4.69) is 14.7 Å². The molecule has 0 aromatic carbocycles. The Morgan fingerprint density at radius 1 is 1.50 bits per heavy atom. The van der Waals surface area contributed by atoms with E-state index in [9.17, 15) is 8.42 Å². The Hall–Kier alpha value is -1.05. The van der Waals surface area contributed by atoms with E-state index in [0.717, 1.165) is 25.3 Å². The number of ether oxygens (including phenoxy) is 1. The zero-order valence-electron chi connectivity index (χ0n) is 11.7. The molecule has 1 aromatic rings. The fraction of sp³-hybridized carbons (Fsp3) is 0.692. The second-order valence-corrected chi connectivity index (χ2v) is 6.89. The van der Waals surface area contributed by atoms with E-state index >= 15 is 0 Å². The third-order valence-electron chi connectivity index (χ3n) is 3.20. The van der Waals surface area contributed by atoms with Gasteiger partial charge in [-0.05, 0) is 25.3 Å². The molecule has 1 aliphatic heterocycles. The molecule has 0 bridgehead atoms. The van der Waals surface area contributed by atoms with Gasteiger partial charge in [0.25, 0.3) is 0 Å². The maximum Gasteiger partial charge on any atom is 0.211 e. The van der Waals surface area contributed by atoms with Gasteiger partial charge in [0, 0.05) is 18.7 Å². The van der Waals surface area contributed by atoms with Crippen molar-refractivity contribution in [3.05, 3.63) is 23.8 Å². The van der Waals surface area contributed by atoms with E-state index in [0.29, 0.717) is 18.7 Å². The maximum absolute atomic E-state index is 11.6. The minimum Gasteiger partial charge on any atom is -0.381 e. The predicted molar refractivity (Wildman–Crippen MR) is 75.7 cm³/mol. The molecule has 1 fully saturated rings. The van der Waals surface area contributed by atoms with Crippen molar-refractivity contribution in [3.8, 4) is 0 Å². The summed E-state index contributed by atoms with van der Waals surface area (Å²) in [4.78, 5) is 8.72. The number of nitrogens with one attached hydrogen (secondary N) is 1. The smallest absolute Gasteiger partial charge is 0.211 e. The van der Waals surface area contributed by atoms with Crippen LogP contribution in [-0.2, 0) is 21.3 Å². The normalized spacial score (nSPS) is 19.9. The Morgan fingerprint density at radius 3 is 3.05 bits per heavy atom. The van der Waals surface area contributed by atoms with E-state index in [1.807, 2.05) is 6.92 Å². The highest BCUT2D eigenvalue weighted by atomic mass is 32.2. The highest BCUT2D eigenvalue weighted by molar-refractivity contribution is 7.89. The van der Waals surface area contributed by atoms with Gasteiger partial charge in [0.2, 0.25) is 10.0 Å². The summed E-state index contributed by atoms with van der Waals surface area (Å²) in [6, 6.07) is 1.74. The van der Waals surface area contributed by atoms with Crippen LogP contribution < -0.4 is 4.72 Å². The van der Waals surface area contributed by atoms with Gasteiger partial charge in [0.05, 0.1) is 24.6 Å². The summed E-state index contributed by atoms with van der Waals surface area (Å²) in [5.41, 5.74) is 0.695. The van der Waals surface area contributed by atoms with Crippen molar-refractivity contribution in [1.82, 2.24) is 14.7 Å². The summed E-state index contributed by atoms with van der Waals surface area (Å²) in [6.45, 7) is 3.49. The molecular weight excluding hydrogens is 278 g/mol. The minimum atomic E-state index is -3.20. The minimum absolute atomic E-state index is 0.140. The van der Waals surface area contributed by atoms with Crippen LogP contribution in [0.3, 0.4) is 0 Å². The molecule has 0 radical (unpaired) electrons. The zero-order valence-corrected chi connectivity index (χ0v) is 12.5. The van der Waals surface area contributed by atoms with Crippen LogP contribution in [-0.4, -0.2) is 37.4 Å². The molecule has 0 amide bonds. The number of hydrogen-bond donors (Lipinski definition) is 1. The van der Waals surface area contributed by atoms with Crippen LogP contribution in [0, 0.1) is 0 Å². The molecule has 2 rings (SSSR count). The fourth-order valence-corrected chi connectivity index (χ4v) is 3.23. The molecule has 20 heavy (non-hydrogen) atoms. The first-order valence-electron chi connectivity index (χ1n) is 6.97. The first-order valence-corrected chi connectivity index (χ1v) is 8.63. The number of rotatable bonds is 6. The number of sulfonamides is 1. The van der Waals surface area contributed by atoms with Crippen molar-refractivity contribution in [2.45, 2.75) is 38.6 Å². The molecule has 1 atom stereocenters. The Bertz CT molecular complexity index is 527. The molecule has 1 aromatic heterocycles. The SMILES string of the molecule is CCCS(=O)(=O)NCc1ccnc(C2CCCOC2)n1. The van der Waals surface area contributed by atoms with Gasteiger partial charge in [0.1, 0.15) is 5.82 Å². The van der Waals surface area contributed by atoms with Gasteiger partial charge in [-0.1, -0.05) is 6.92 Å². The van der Waals surface area contributed by atoms with Gasteiger partial charge in [-0.15, -0.1) is 0 Å². The van der Waals surface area contributed by atoms with Crippen LogP contribution >= 0.6 is 0 Å². The standard InChI is InChI=1S/C13H21N3O3S/c1-2-8-20(17,18)15-9-12-5-6-14-13(16-12)11-4-3-7-19-10-11/h5-6,11,15H,2-4,7-10H2,1H3. The molecule has 7 heteroatoms. The summed E-state index contributed by atoms with van der Waals surface area (Å²) in [7, 11) is -3.20. The first-order chi connectivity index (χ1) is 9.61. The molecule has 0 aliphatic carbocycles. The van der Waals surface area contributed by atoms with Gasteiger partial charge in [-0.25, -0.2) is 23.1 Å². The lowest BCUT2D eigenvalue weighted by molar-refractivity contribution is 0.0780. The van der Waals surface area contributed by atoms with Crippen molar-refractivity contribution < 1.29 is 13.2 Å². The topological polar surface area (TPSA) is 81.2 Å². The second kappa shape index (κ2) is 7.10. The quantitative estimate of drug-likeness (QED) is 0.853. The molecule has 1 aliphatic rings. The van der Waals surface area contributed by atoms with Crippen LogP contribution in [0.5, 0.6) is 0 Å². The Morgan fingerprint density at radius 2 is 2.35 bits per heavy atom. The van der Waals surface area contributed by atoms with E-state index in [1.165, 1.54) is 0 Å². The molecule has 0 spiro atoms. The average Bonchev–Trinajstić information content (AvgIpc) is 2.47. The average molecular weight is 299 g/mol. The van der Waals surface area contributed by atoms with Crippen LogP contribution in [0.15, 0.2) is 12.3 Å². The monoisotopic (exact) mass is 299 g/mol. The molecule has 1 N–H and O–H groups in total. The van der Waals surface area contributed by atoms with Crippen molar-refractivity contribution in [1.29, 1.82) is 0 Å². The Balaban J connectivity index is 1.99. The number of aromatic nitrogens is 2. The lowest BCUT2D eigenvalue weighted by Gasteiger charge is -2.20. The van der Waals surface area contributed by atoms with E-state index in [1.54, 1.807) is 12.3 Å². The molecule has 1 saturated heterocycles. The van der Waals surface area contributed by atoms with Gasteiger partial charge in [-0.2, -0.15) is 0 Å². The molecule has 0 saturated carbocycles. The van der Waals surface area contributed by atoms with Crippen molar-refractivity contribution in [3.63, 3.8) is 0 Å². The van der Waals surface area contributed by atoms with E-state index < -0.39 is 10.0 Å². The van der Waals surface area contributed by atoms with Gasteiger partial charge < -0.3 is 4.74 Å². The Labute approximate surface area is 120 Å². The molecule has 112 valence electrons. The van der Waals surface area contributed by atoms with Crippen LogP contribution in [0.2, 0.25) is 0 Å². The van der Waals surface area contributed by atoms with Crippen LogP contribution in [0.25, 0.3) is 0 Å². The van der Waals surface area contributed by atoms with Crippen molar-refractivity contribution >= 4 is 10.0 Å². The lowest BCUT2D eigenvalue weighted by atomic mass is 10.0. The highest BCUT2D eigenvalue weighted by Crippen LogP contribution is 2.22. The zero-order chi connectivity index (χ0) is 14.4. The van der Waals surface area contributed by atoms with Gasteiger partial charge in [-0.3, -0.25) is 0 Å². The summed E-state index contributed by atoms with van der Waals surface area (Å²) < 4.78 is 31.2. The summed E-state index contributed by atoms with van der Waals surface area (Å²) >= 11 is 0. The summed E-state index contributed by atoms with van der Waals surface area (Å²) in [5.74, 6) is 1.11. The number of nitrogens with zero attached hydrogens (tertiary/aromatic N) is 2. The number of hydrogen-bond acceptors (Lipinski definition) is 5. The van der Waals surface area contributed by atoms with Crippen LogP contribution in [0.1, 0.15) is 43.6 Å². The predicted octanol–water partition coefficient (Wildman–Crippen LogP) is 1.20. The van der Waals surface area contributed by atoms with Gasteiger partial charge in [0.15, 0.2) is 0 Å². The Kier molecular flexibility index (Phi) is 5.45. The summed E-state index contributed by atoms with van der Waals surface area (Å²) in [5, 5.41) is 0. The molecule has 2 heterocycles. The lowest BCUT2D eigenvalue weighted by Crippen LogP contribution is -2.26. The first kappa shape index (κ1) is 15.3. The summed E-state index contributed by atoms with van der Waals surface area (Å²) in [6.07, 6.45) is 4.32. The van der Waals surface area contributed by atoms with Crippen LogP contribution in [0.4, 0.5) is 0 Å². The largest absolute Gasteiger partial charge is 0.381 e. The third kappa shape index (κ3) is 4.50. The van der Waals surface area contributed by atoms with Gasteiger partial charge >= 0.3 is 0 Å². The highest BCUT2D eigenvalue weighted by Gasteiger charge is 2.19. The molecule has 6 nitrogen and oxygen atoms in total. The maximum atomic E-state index is 11.6. The third-order valence-corrected chi connectivity index (χ3v) is 4.73. The van der Waals surface area contributed by atoms with Crippen molar-refractivity contribution in [2.75, 3.05) is 19.0 Å². The molecule has 1 unspecified atom stereocenters. The van der Waals surface area contributed by atoms with Crippen molar-refractivity contribution in [2.24, 2.45) is 0 Å². The van der Waals surface area contributed by atoms with E-state index in [4.69, 9.17) is 4.74 Å². The fourth-order valence-electron chi connectivity index (χ4n) is 2.18. The van der Waals surface area contributed by atoms with E-state index in [-0.39, 0.29) is 18.2 Å². The second-order valence-electron chi connectivity index (χ2n) is 4.96. The molecular formula is C13H21N3O3S.